The van der Waals surface area contributed by atoms with Crippen LogP contribution in [-0.4, -0.2) is 11.0 Å². The van der Waals surface area contributed by atoms with E-state index in [1.807, 2.05) is 0 Å². The zero-order valence-electron chi connectivity index (χ0n) is 9.76. The average molecular weight is 206 g/mol. The van der Waals surface area contributed by atoms with E-state index in [9.17, 15) is 0 Å². The Labute approximate surface area is 90.6 Å². The van der Waals surface area contributed by atoms with Gasteiger partial charge in [0.25, 0.3) is 0 Å². The number of nitrogens with zero attached hydrogens (tertiary/aromatic N) is 1. The van der Waals surface area contributed by atoms with Crippen molar-refractivity contribution in [3.8, 4) is 0 Å². The van der Waals surface area contributed by atoms with Gasteiger partial charge in [0.05, 0.1) is 0 Å². The molecule has 1 aromatic carbocycles. The smallest absolute Gasteiger partial charge is 0.143 e. The summed E-state index contributed by atoms with van der Waals surface area (Å²) >= 11 is 0. The Kier molecular flexibility index (Phi) is 3.35. The molecule has 3 N–H and O–H groups in total. The van der Waals surface area contributed by atoms with E-state index in [2.05, 4.69) is 38.9 Å². The fourth-order valence-corrected chi connectivity index (χ4v) is 1.78. The van der Waals surface area contributed by atoms with Crippen LogP contribution in [0.1, 0.15) is 27.8 Å². The maximum Gasteiger partial charge on any atom is 0.143 e. The van der Waals surface area contributed by atoms with Gasteiger partial charge in [-0.3, -0.25) is 0 Å². The van der Waals surface area contributed by atoms with E-state index in [0.717, 1.165) is 0 Å². The van der Waals surface area contributed by atoms with Crippen molar-refractivity contribution in [1.29, 1.82) is 0 Å². The van der Waals surface area contributed by atoms with Crippen molar-refractivity contribution in [2.45, 2.75) is 34.1 Å². The number of amidine groups is 1. The van der Waals surface area contributed by atoms with Crippen LogP contribution in [0.15, 0.2) is 11.2 Å². The number of aryl methyl sites for hydroxylation is 2. The van der Waals surface area contributed by atoms with Crippen molar-refractivity contribution in [3.63, 3.8) is 0 Å². The highest BCUT2D eigenvalue weighted by Crippen LogP contribution is 2.21. The summed E-state index contributed by atoms with van der Waals surface area (Å²) in [6.07, 6.45) is 0.511. The molecule has 0 atom stereocenters. The quantitative estimate of drug-likeness (QED) is 0.337. The summed E-state index contributed by atoms with van der Waals surface area (Å²) in [5.41, 5.74) is 11.7. The fourth-order valence-electron chi connectivity index (χ4n) is 1.78. The van der Waals surface area contributed by atoms with Crippen LogP contribution < -0.4 is 5.73 Å². The molecule has 1 rings (SSSR count). The lowest BCUT2D eigenvalue weighted by Gasteiger charge is -2.14. The summed E-state index contributed by atoms with van der Waals surface area (Å²) in [4.78, 5) is 0. The predicted molar refractivity (Wildman–Crippen MR) is 62.5 cm³/mol. The topological polar surface area (TPSA) is 58.6 Å². The normalized spacial score (nSPS) is 11.9. The van der Waals surface area contributed by atoms with Crippen LogP contribution in [0.2, 0.25) is 0 Å². The van der Waals surface area contributed by atoms with E-state index in [1.165, 1.54) is 27.8 Å². The number of rotatable bonds is 2. The Balaban J connectivity index is 3.27. The second-order valence-electron chi connectivity index (χ2n) is 4.01. The molecule has 0 amide bonds. The van der Waals surface area contributed by atoms with Gasteiger partial charge in [-0.1, -0.05) is 11.2 Å². The average Bonchev–Trinajstić information content (AvgIpc) is 2.21. The Morgan fingerprint density at radius 1 is 1.20 bits per heavy atom. The maximum absolute atomic E-state index is 8.58. The molecule has 0 fully saturated rings. The first kappa shape index (κ1) is 11.6. The molecule has 0 aromatic heterocycles. The lowest BCUT2D eigenvalue weighted by atomic mass is 9.92. The third-order valence-electron chi connectivity index (χ3n) is 3.01. The first-order valence-corrected chi connectivity index (χ1v) is 5.00. The van der Waals surface area contributed by atoms with E-state index in [0.29, 0.717) is 6.42 Å². The van der Waals surface area contributed by atoms with Crippen molar-refractivity contribution < 1.29 is 5.21 Å². The first-order chi connectivity index (χ1) is 6.97. The molecule has 3 nitrogen and oxygen atoms in total. The van der Waals surface area contributed by atoms with E-state index in [1.54, 1.807) is 0 Å². The summed E-state index contributed by atoms with van der Waals surface area (Å²) < 4.78 is 0. The Hall–Kier alpha value is -1.51. The molecule has 3 heteroatoms. The number of benzene rings is 1. The van der Waals surface area contributed by atoms with Crippen LogP contribution in [0.4, 0.5) is 0 Å². The number of hydrogen-bond donors (Lipinski definition) is 2. The lowest BCUT2D eigenvalue weighted by molar-refractivity contribution is 0.317. The van der Waals surface area contributed by atoms with E-state index in [-0.39, 0.29) is 5.84 Å². The first-order valence-electron chi connectivity index (χ1n) is 5.00. The standard InChI is InChI=1S/C12H18N2O/c1-7-5-8(2)10(4)11(9(7)3)6-12(13)14-15/h5,15H,6H2,1-4H3,(H2,13,14). The third kappa shape index (κ3) is 2.29. The van der Waals surface area contributed by atoms with Crippen LogP contribution in [0.3, 0.4) is 0 Å². The molecular weight excluding hydrogens is 188 g/mol. The van der Waals surface area contributed by atoms with Crippen molar-refractivity contribution in [2.75, 3.05) is 0 Å². The molecule has 15 heavy (non-hydrogen) atoms. The second-order valence-corrected chi connectivity index (χ2v) is 4.01. The van der Waals surface area contributed by atoms with E-state index < -0.39 is 0 Å². The summed E-state index contributed by atoms with van der Waals surface area (Å²) in [6.45, 7) is 8.30. The highest BCUT2D eigenvalue weighted by atomic mass is 16.4. The molecule has 0 spiro atoms. The Morgan fingerprint density at radius 2 is 1.67 bits per heavy atom. The minimum absolute atomic E-state index is 0.256. The molecule has 0 saturated carbocycles. The van der Waals surface area contributed by atoms with Gasteiger partial charge in [0.1, 0.15) is 5.84 Å². The summed E-state index contributed by atoms with van der Waals surface area (Å²) in [5, 5.41) is 11.6. The van der Waals surface area contributed by atoms with Crippen molar-refractivity contribution in [2.24, 2.45) is 10.9 Å². The zero-order chi connectivity index (χ0) is 11.6. The summed E-state index contributed by atoms with van der Waals surface area (Å²) in [6, 6.07) is 2.17. The third-order valence-corrected chi connectivity index (χ3v) is 3.01. The molecule has 0 aliphatic heterocycles. The van der Waals surface area contributed by atoms with Gasteiger partial charge in [-0.25, -0.2) is 0 Å². The van der Waals surface area contributed by atoms with Gasteiger partial charge < -0.3 is 10.9 Å². The molecule has 0 aliphatic carbocycles. The van der Waals surface area contributed by atoms with Crippen LogP contribution in [0, 0.1) is 27.7 Å². The number of hydrogen-bond acceptors (Lipinski definition) is 2. The number of nitrogens with two attached hydrogens (primary N) is 1. The number of oxime groups is 1. The molecular formula is C12H18N2O. The van der Waals surface area contributed by atoms with Gasteiger partial charge in [0, 0.05) is 6.42 Å². The lowest BCUT2D eigenvalue weighted by Crippen LogP contribution is -2.17. The fraction of sp³-hybridized carbons (Fsp3) is 0.417. The summed E-state index contributed by atoms with van der Waals surface area (Å²) in [7, 11) is 0. The van der Waals surface area contributed by atoms with Gasteiger partial charge in [0.2, 0.25) is 0 Å². The maximum atomic E-state index is 8.58. The zero-order valence-corrected chi connectivity index (χ0v) is 9.76. The largest absolute Gasteiger partial charge is 0.409 e. The minimum Gasteiger partial charge on any atom is -0.409 e. The second kappa shape index (κ2) is 4.34. The Morgan fingerprint density at radius 3 is 2.07 bits per heavy atom. The molecule has 82 valence electrons. The van der Waals surface area contributed by atoms with Gasteiger partial charge in [-0.05, 0) is 55.5 Å². The Bertz CT molecular complexity index is 382. The van der Waals surface area contributed by atoms with Crippen LogP contribution in [0.5, 0.6) is 0 Å². The van der Waals surface area contributed by atoms with Crippen molar-refractivity contribution >= 4 is 5.84 Å². The predicted octanol–water partition coefficient (Wildman–Crippen LogP) is 2.21. The van der Waals surface area contributed by atoms with Crippen molar-refractivity contribution in [3.05, 3.63) is 33.9 Å². The SMILES string of the molecule is Cc1cc(C)c(C)c(C/C(N)=N\O)c1C. The molecule has 0 bridgehead atoms. The van der Waals surface area contributed by atoms with Crippen LogP contribution in [-0.2, 0) is 6.42 Å². The monoisotopic (exact) mass is 206 g/mol. The molecule has 0 saturated heterocycles. The molecule has 1 aromatic rings. The highest BCUT2D eigenvalue weighted by Gasteiger charge is 2.09. The van der Waals surface area contributed by atoms with Crippen molar-refractivity contribution in [1.82, 2.24) is 0 Å². The van der Waals surface area contributed by atoms with Gasteiger partial charge in [-0.2, -0.15) is 0 Å². The molecule has 0 radical (unpaired) electrons. The summed E-state index contributed by atoms with van der Waals surface area (Å²) in [5.74, 6) is 0.256. The van der Waals surface area contributed by atoms with E-state index in [4.69, 9.17) is 10.9 Å². The molecule has 0 heterocycles. The van der Waals surface area contributed by atoms with Crippen LogP contribution >= 0.6 is 0 Å². The van der Waals surface area contributed by atoms with E-state index >= 15 is 0 Å². The molecule has 0 aliphatic rings. The minimum atomic E-state index is 0.256. The highest BCUT2D eigenvalue weighted by molar-refractivity contribution is 5.82. The van der Waals surface area contributed by atoms with Gasteiger partial charge >= 0.3 is 0 Å². The van der Waals surface area contributed by atoms with Gasteiger partial charge in [0.15, 0.2) is 0 Å². The van der Waals surface area contributed by atoms with Gasteiger partial charge in [-0.15, -0.1) is 0 Å². The van der Waals surface area contributed by atoms with Crippen LogP contribution in [0.25, 0.3) is 0 Å². The molecule has 0 unspecified atom stereocenters.